The first kappa shape index (κ1) is 17.4. The Morgan fingerprint density at radius 1 is 1.36 bits per heavy atom. The summed E-state index contributed by atoms with van der Waals surface area (Å²) in [5.74, 6) is -0.0658. The number of sulfonamides is 1. The number of hydrogen-bond acceptors (Lipinski definition) is 4. The highest BCUT2D eigenvalue weighted by Gasteiger charge is 2.29. The first-order valence-electron chi connectivity index (χ1n) is 7.38. The highest BCUT2D eigenvalue weighted by molar-refractivity contribution is 7.89. The molecule has 2 rings (SSSR count). The minimum atomic E-state index is -3.78. The maximum Gasteiger partial charge on any atom is 0.242 e. The molecule has 0 amide bonds. The van der Waals surface area contributed by atoms with E-state index >= 15 is 0 Å². The molecule has 0 unspecified atom stereocenters. The lowest BCUT2D eigenvalue weighted by Crippen LogP contribution is -2.44. The molecular weight excluding hydrogens is 324 g/mol. The van der Waals surface area contributed by atoms with Crippen LogP contribution in [0.25, 0.3) is 0 Å². The van der Waals surface area contributed by atoms with Gasteiger partial charge in [0.05, 0.1) is 5.02 Å². The van der Waals surface area contributed by atoms with Gasteiger partial charge in [-0.05, 0) is 50.4 Å². The lowest BCUT2D eigenvalue weighted by atomic mass is 9.85. The highest BCUT2D eigenvalue weighted by Crippen LogP contribution is 2.27. The molecule has 1 fully saturated rings. The largest absolute Gasteiger partial charge is 0.330 e. The lowest BCUT2D eigenvalue weighted by molar-refractivity contribution is 0.101. The van der Waals surface area contributed by atoms with Crippen molar-refractivity contribution in [3.05, 3.63) is 28.8 Å². The fourth-order valence-corrected chi connectivity index (χ4v) is 4.70. The normalized spacial score (nSPS) is 22.5. The summed E-state index contributed by atoms with van der Waals surface area (Å²) in [6.07, 6.45) is 3.74. The van der Waals surface area contributed by atoms with Gasteiger partial charge in [0.15, 0.2) is 5.78 Å². The molecule has 0 bridgehead atoms. The lowest BCUT2D eigenvalue weighted by Gasteiger charge is -2.31. The smallest absolute Gasteiger partial charge is 0.242 e. The fraction of sp³-hybridized carbons (Fsp3) is 0.533. The van der Waals surface area contributed by atoms with Crippen molar-refractivity contribution < 1.29 is 13.2 Å². The molecule has 22 heavy (non-hydrogen) atoms. The Kier molecular flexibility index (Phi) is 5.60. The average molecular weight is 345 g/mol. The van der Waals surface area contributed by atoms with Gasteiger partial charge in [0.2, 0.25) is 10.0 Å². The molecule has 0 radical (unpaired) electrons. The first-order chi connectivity index (χ1) is 10.3. The molecule has 122 valence electrons. The third-order valence-electron chi connectivity index (χ3n) is 4.15. The van der Waals surface area contributed by atoms with Crippen LogP contribution in [-0.2, 0) is 10.0 Å². The Morgan fingerprint density at radius 2 is 2.05 bits per heavy atom. The summed E-state index contributed by atoms with van der Waals surface area (Å²) < 4.78 is 27.9. The quantitative estimate of drug-likeness (QED) is 0.802. The predicted molar refractivity (Wildman–Crippen MR) is 86.6 cm³/mol. The van der Waals surface area contributed by atoms with Crippen LogP contribution in [0.5, 0.6) is 0 Å². The number of hydrogen-bond donors (Lipinski definition) is 2. The molecule has 5 nitrogen and oxygen atoms in total. The Hall–Kier alpha value is -0.950. The second kappa shape index (κ2) is 7.08. The van der Waals surface area contributed by atoms with Crippen LogP contribution in [0.3, 0.4) is 0 Å². The minimum Gasteiger partial charge on any atom is -0.330 e. The van der Waals surface area contributed by atoms with Crippen LogP contribution in [0.2, 0.25) is 5.02 Å². The van der Waals surface area contributed by atoms with Gasteiger partial charge in [0.1, 0.15) is 4.90 Å². The predicted octanol–water partition coefficient (Wildman–Crippen LogP) is 2.34. The van der Waals surface area contributed by atoms with Crippen LogP contribution in [0, 0.1) is 5.92 Å². The van der Waals surface area contributed by atoms with Gasteiger partial charge in [-0.25, -0.2) is 13.1 Å². The molecule has 1 aliphatic carbocycles. The second-order valence-corrected chi connectivity index (χ2v) is 7.80. The van der Waals surface area contributed by atoms with E-state index in [0.29, 0.717) is 12.1 Å². The van der Waals surface area contributed by atoms with Gasteiger partial charge in [-0.2, -0.15) is 0 Å². The van der Waals surface area contributed by atoms with Crippen molar-refractivity contribution in [3.8, 4) is 0 Å². The van der Waals surface area contributed by atoms with Crippen molar-refractivity contribution in [1.82, 2.24) is 4.72 Å². The summed E-state index contributed by atoms with van der Waals surface area (Å²) in [5.41, 5.74) is 6.06. The van der Waals surface area contributed by atoms with Gasteiger partial charge in [-0.1, -0.05) is 24.4 Å². The van der Waals surface area contributed by atoms with E-state index in [1.54, 1.807) is 0 Å². The van der Waals surface area contributed by atoms with E-state index in [1.807, 2.05) is 0 Å². The van der Waals surface area contributed by atoms with E-state index in [0.717, 1.165) is 25.7 Å². The van der Waals surface area contributed by atoms with E-state index in [9.17, 15) is 13.2 Å². The molecule has 1 aromatic rings. The van der Waals surface area contributed by atoms with Crippen LogP contribution >= 0.6 is 11.6 Å². The number of rotatable bonds is 5. The van der Waals surface area contributed by atoms with Gasteiger partial charge in [0, 0.05) is 11.6 Å². The zero-order valence-corrected chi connectivity index (χ0v) is 14.1. The van der Waals surface area contributed by atoms with Gasteiger partial charge >= 0.3 is 0 Å². The number of nitrogens with two attached hydrogens (primary N) is 1. The number of carbonyl (C=O) groups is 1. The van der Waals surface area contributed by atoms with Crippen LogP contribution in [0.4, 0.5) is 0 Å². The molecule has 0 aromatic heterocycles. The SMILES string of the molecule is CC(=O)c1ccc(Cl)c(S(=O)(=O)N[C@@H]2CCCC[C@H]2CN)c1. The third-order valence-corrected chi connectivity index (χ3v) is 6.12. The average Bonchev–Trinajstić information content (AvgIpc) is 2.47. The van der Waals surface area contributed by atoms with Crippen molar-refractivity contribution in [1.29, 1.82) is 0 Å². The number of ketones is 1. The van der Waals surface area contributed by atoms with E-state index in [1.165, 1.54) is 25.1 Å². The molecule has 0 heterocycles. The summed E-state index contributed by atoms with van der Waals surface area (Å²) >= 11 is 6.02. The Labute approximate surface area is 136 Å². The summed E-state index contributed by atoms with van der Waals surface area (Å²) in [4.78, 5) is 11.4. The van der Waals surface area contributed by atoms with E-state index in [2.05, 4.69) is 4.72 Å². The summed E-state index contributed by atoms with van der Waals surface area (Å²) in [6, 6.07) is 4.11. The van der Waals surface area contributed by atoms with Crippen LogP contribution in [0.15, 0.2) is 23.1 Å². The molecule has 1 saturated carbocycles. The third kappa shape index (κ3) is 3.87. The zero-order valence-electron chi connectivity index (χ0n) is 12.5. The van der Waals surface area contributed by atoms with Crippen LogP contribution < -0.4 is 10.5 Å². The molecule has 1 aliphatic rings. The number of Topliss-reactive ketones (excluding diaryl/α,β-unsaturated/α-hetero) is 1. The number of carbonyl (C=O) groups excluding carboxylic acids is 1. The molecule has 2 atom stereocenters. The van der Waals surface area contributed by atoms with Crippen molar-refractivity contribution in [2.45, 2.75) is 43.5 Å². The number of halogens is 1. The Balaban J connectivity index is 2.30. The topological polar surface area (TPSA) is 89.3 Å². The number of nitrogens with one attached hydrogen (secondary N) is 1. The molecule has 0 spiro atoms. The fourth-order valence-electron chi connectivity index (χ4n) is 2.84. The van der Waals surface area contributed by atoms with Crippen LogP contribution in [-0.4, -0.2) is 26.8 Å². The first-order valence-corrected chi connectivity index (χ1v) is 9.24. The maximum absolute atomic E-state index is 12.6. The molecular formula is C15H21ClN2O3S. The standard InChI is InChI=1S/C15H21ClN2O3S/c1-10(19)11-6-7-13(16)15(8-11)22(20,21)18-14-5-3-2-4-12(14)9-17/h6-8,12,14,18H,2-5,9,17H2,1H3/t12-,14+/m0/s1. The number of benzene rings is 1. The second-order valence-electron chi connectivity index (χ2n) is 5.71. The minimum absolute atomic E-state index is 0.0526. The van der Waals surface area contributed by atoms with Gasteiger partial charge in [-0.3, -0.25) is 4.79 Å². The monoisotopic (exact) mass is 344 g/mol. The maximum atomic E-state index is 12.6. The zero-order chi connectivity index (χ0) is 16.3. The van der Waals surface area contributed by atoms with Gasteiger partial charge in [-0.15, -0.1) is 0 Å². The highest BCUT2D eigenvalue weighted by atomic mass is 35.5. The Morgan fingerprint density at radius 3 is 2.68 bits per heavy atom. The Bertz CT molecular complexity index is 661. The van der Waals surface area contributed by atoms with E-state index in [4.69, 9.17) is 17.3 Å². The van der Waals surface area contributed by atoms with Crippen molar-refractivity contribution in [2.24, 2.45) is 11.7 Å². The summed E-state index contributed by atoms with van der Waals surface area (Å²) in [5, 5.41) is 0.109. The summed E-state index contributed by atoms with van der Waals surface area (Å²) in [6.45, 7) is 1.84. The van der Waals surface area contributed by atoms with E-state index < -0.39 is 10.0 Å². The molecule has 0 aliphatic heterocycles. The van der Waals surface area contributed by atoms with Gasteiger partial charge in [0.25, 0.3) is 0 Å². The van der Waals surface area contributed by atoms with Crippen LogP contribution in [0.1, 0.15) is 43.0 Å². The van der Waals surface area contributed by atoms with E-state index in [-0.39, 0.29) is 27.7 Å². The van der Waals surface area contributed by atoms with Crippen molar-refractivity contribution in [2.75, 3.05) is 6.54 Å². The van der Waals surface area contributed by atoms with Crippen molar-refractivity contribution >= 4 is 27.4 Å². The molecule has 3 N–H and O–H groups in total. The summed E-state index contributed by atoms with van der Waals surface area (Å²) in [7, 11) is -3.78. The molecule has 0 saturated heterocycles. The van der Waals surface area contributed by atoms with Crippen molar-refractivity contribution in [3.63, 3.8) is 0 Å². The molecule has 1 aromatic carbocycles. The van der Waals surface area contributed by atoms with Gasteiger partial charge < -0.3 is 5.73 Å². The molecule has 7 heteroatoms.